The third-order valence-electron chi connectivity index (χ3n) is 6.98. The van der Waals surface area contributed by atoms with Crippen molar-refractivity contribution in [3.8, 4) is 16.3 Å². The number of hydrogen-bond donors (Lipinski definition) is 0. The maximum Gasteiger partial charge on any atom is 0.274 e. The Morgan fingerprint density at radius 2 is 1.66 bits per heavy atom. The van der Waals surface area contributed by atoms with Crippen molar-refractivity contribution in [1.29, 1.82) is 0 Å². The van der Waals surface area contributed by atoms with Gasteiger partial charge in [0.2, 0.25) is 5.43 Å². The van der Waals surface area contributed by atoms with E-state index in [1.54, 1.807) is 23.2 Å². The van der Waals surface area contributed by atoms with E-state index in [9.17, 15) is 14.0 Å². The van der Waals surface area contributed by atoms with E-state index in [4.69, 9.17) is 4.74 Å². The van der Waals surface area contributed by atoms with Gasteiger partial charge in [-0.05, 0) is 43.0 Å². The molecule has 0 saturated carbocycles. The van der Waals surface area contributed by atoms with Gasteiger partial charge in [0.1, 0.15) is 17.4 Å². The highest BCUT2D eigenvalue weighted by Gasteiger charge is 2.38. The maximum atomic E-state index is 14.0. The summed E-state index contributed by atoms with van der Waals surface area (Å²) in [6, 6.07) is 15.7. The fourth-order valence-corrected chi connectivity index (χ4v) is 5.67. The van der Waals surface area contributed by atoms with Crippen molar-refractivity contribution in [1.82, 2.24) is 19.7 Å². The number of fused-ring (bicyclic) bond motifs is 1. The zero-order valence-corrected chi connectivity index (χ0v) is 25.2. The Morgan fingerprint density at radius 3 is 2.29 bits per heavy atom. The highest BCUT2D eigenvalue weighted by molar-refractivity contribution is 7.14. The molecule has 1 amide bonds. The van der Waals surface area contributed by atoms with Crippen LogP contribution in [0.3, 0.4) is 0 Å². The number of halogens is 1. The number of carbonyl (C=O) groups excluding carboxylic acids is 1. The van der Waals surface area contributed by atoms with Gasteiger partial charge in [-0.25, -0.2) is 4.39 Å². The highest BCUT2D eigenvalue weighted by Crippen LogP contribution is 2.35. The molecule has 4 aromatic rings. The maximum absolute atomic E-state index is 14.0. The molecule has 0 aliphatic carbocycles. The minimum Gasteiger partial charge on any atom is -0.483 e. The van der Waals surface area contributed by atoms with Crippen LogP contribution in [0.1, 0.15) is 74.2 Å². The van der Waals surface area contributed by atoms with Crippen LogP contribution < -0.4 is 10.2 Å². The summed E-state index contributed by atoms with van der Waals surface area (Å²) in [5.74, 6) is -0.290. The van der Waals surface area contributed by atoms with Crippen LogP contribution in [0.15, 0.2) is 65.6 Å². The molecule has 7 nitrogen and oxygen atoms in total. The normalized spacial score (nSPS) is 14.6. The third kappa shape index (κ3) is 6.56. The van der Waals surface area contributed by atoms with Gasteiger partial charge >= 0.3 is 0 Å². The summed E-state index contributed by atoms with van der Waals surface area (Å²) in [6.07, 6.45) is 2.22. The Labute approximate surface area is 244 Å². The van der Waals surface area contributed by atoms with E-state index >= 15 is 0 Å². The Bertz CT molecular complexity index is 1530. The van der Waals surface area contributed by atoms with E-state index in [1.807, 2.05) is 62.6 Å². The lowest BCUT2D eigenvalue weighted by atomic mass is 9.98. The molecule has 0 fully saturated rings. The summed E-state index contributed by atoms with van der Waals surface area (Å²) in [4.78, 5) is 29.5. The van der Waals surface area contributed by atoms with E-state index in [1.165, 1.54) is 23.5 Å². The molecule has 0 unspecified atom stereocenters. The fraction of sp³-hybridized carbons (Fsp3) is 0.375. The molecular weight excluding hydrogens is 539 g/mol. The molecule has 0 radical (unpaired) electrons. The number of hydrogen-bond acceptors (Lipinski definition) is 6. The van der Waals surface area contributed by atoms with E-state index in [2.05, 4.69) is 24.0 Å². The molecule has 1 atom stereocenters. The van der Waals surface area contributed by atoms with Gasteiger partial charge < -0.3 is 14.2 Å². The summed E-state index contributed by atoms with van der Waals surface area (Å²) in [6.45, 7) is 12.9. The molecule has 0 N–H and O–H groups in total. The first-order chi connectivity index (χ1) is 19.7. The highest BCUT2D eigenvalue weighted by atomic mass is 32.1. The number of amides is 1. The second-order valence-electron chi connectivity index (χ2n) is 10.4. The zero-order chi connectivity index (χ0) is 29.7. The lowest BCUT2D eigenvalue weighted by Crippen LogP contribution is -2.49. The van der Waals surface area contributed by atoms with Crippen LogP contribution in [-0.4, -0.2) is 38.2 Å². The number of nitrogens with zero attached hydrogens (tertiary/aromatic N) is 4. The third-order valence-corrected chi connectivity index (χ3v) is 7.94. The van der Waals surface area contributed by atoms with Crippen LogP contribution in [-0.2, 0) is 13.0 Å². The summed E-state index contributed by atoms with van der Waals surface area (Å²) < 4.78 is 21.4. The topological polar surface area (TPSA) is 77.3 Å². The van der Waals surface area contributed by atoms with Crippen molar-refractivity contribution in [2.45, 2.75) is 66.7 Å². The van der Waals surface area contributed by atoms with Gasteiger partial charge in [0.05, 0.1) is 11.6 Å². The van der Waals surface area contributed by atoms with Gasteiger partial charge in [0.25, 0.3) is 5.91 Å². The van der Waals surface area contributed by atoms with Crippen molar-refractivity contribution in [2.75, 3.05) is 6.54 Å². The molecular formula is C32H37FN4O3S. The van der Waals surface area contributed by atoms with Gasteiger partial charge in [-0.2, -0.15) is 0 Å². The van der Waals surface area contributed by atoms with Crippen molar-refractivity contribution in [2.24, 2.45) is 5.92 Å². The standard InChI is InChI=1S/C30H31FN4O3S.C2H6/c1-18(2)24-16-34(19(3)4)30(37)26-28(38-17-21-8-6-5-7-9-21)27(36)23(15-35(24)26)29-33-32-25(39-29)14-20-10-12-22(31)13-11-20;1-2/h5-13,15,18-19,24H,14,16-17H2,1-4H3;1-2H3/t24-;/m1./s1. The molecule has 0 bridgehead atoms. The fourth-order valence-electron chi connectivity index (χ4n) is 4.79. The Morgan fingerprint density at radius 1 is 0.976 bits per heavy atom. The van der Waals surface area contributed by atoms with Crippen LogP contribution in [0.5, 0.6) is 5.75 Å². The molecule has 3 heterocycles. The van der Waals surface area contributed by atoms with E-state index < -0.39 is 0 Å². The Hall–Kier alpha value is -3.85. The molecule has 2 aromatic carbocycles. The second-order valence-corrected chi connectivity index (χ2v) is 11.5. The van der Waals surface area contributed by atoms with Gasteiger partial charge in [0.15, 0.2) is 16.5 Å². The SMILES string of the molecule is CC.CC(C)[C@H]1CN(C(C)C)C(=O)c2c(OCc3ccccc3)c(=O)c(-c3nnc(Cc4ccc(F)cc4)s3)cn21. The lowest BCUT2D eigenvalue weighted by Gasteiger charge is -2.40. The first kappa shape index (κ1) is 30.1. The van der Waals surface area contributed by atoms with Crippen molar-refractivity contribution in [3.63, 3.8) is 0 Å². The van der Waals surface area contributed by atoms with E-state index in [0.717, 1.165) is 11.1 Å². The minimum atomic E-state index is -0.386. The summed E-state index contributed by atoms with van der Waals surface area (Å²) >= 11 is 1.31. The summed E-state index contributed by atoms with van der Waals surface area (Å²) in [5.41, 5.74) is 2.02. The van der Waals surface area contributed by atoms with Gasteiger partial charge in [0, 0.05) is 25.2 Å². The predicted octanol–water partition coefficient (Wildman–Crippen LogP) is 6.76. The first-order valence-corrected chi connectivity index (χ1v) is 14.9. The number of aromatic nitrogens is 3. The Kier molecular flexibility index (Phi) is 9.70. The molecule has 9 heteroatoms. The van der Waals surface area contributed by atoms with Crippen LogP contribution in [0.4, 0.5) is 4.39 Å². The minimum absolute atomic E-state index is 0.0264. The average Bonchev–Trinajstić information content (AvgIpc) is 3.43. The largest absolute Gasteiger partial charge is 0.483 e. The van der Waals surface area contributed by atoms with Gasteiger partial charge in [-0.15, -0.1) is 10.2 Å². The second kappa shape index (κ2) is 13.2. The van der Waals surface area contributed by atoms with Crippen molar-refractivity contribution < 1.29 is 13.9 Å². The molecule has 0 spiro atoms. The Balaban J connectivity index is 0.00000189. The van der Waals surface area contributed by atoms with E-state index in [-0.39, 0.29) is 53.2 Å². The van der Waals surface area contributed by atoms with Crippen LogP contribution in [0, 0.1) is 11.7 Å². The molecule has 216 valence electrons. The monoisotopic (exact) mass is 576 g/mol. The van der Waals surface area contributed by atoms with Crippen molar-refractivity contribution in [3.05, 3.63) is 98.7 Å². The van der Waals surface area contributed by atoms with Crippen LogP contribution in [0.25, 0.3) is 10.6 Å². The molecule has 0 saturated heterocycles. The number of carbonyl (C=O) groups is 1. The number of rotatable bonds is 8. The molecule has 2 aromatic heterocycles. The number of benzene rings is 2. The molecule has 1 aliphatic heterocycles. The van der Waals surface area contributed by atoms with Gasteiger partial charge in [-0.3, -0.25) is 9.59 Å². The predicted molar refractivity (Wildman–Crippen MR) is 161 cm³/mol. The smallest absolute Gasteiger partial charge is 0.274 e. The molecule has 1 aliphatic rings. The lowest BCUT2D eigenvalue weighted by molar-refractivity contribution is 0.0564. The van der Waals surface area contributed by atoms with Crippen LogP contribution >= 0.6 is 11.3 Å². The van der Waals surface area contributed by atoms with E-state index in [0.29, 0.717) is 28.5 Å². The molecule has 41 heavy (non-hydrogen) atoms. The van der Waals surface area contributed by atoms with Crippen molar-refractivity contribution >= 4 is 17.2 Å². The number of ether oxygens (including phenoxy) is 1. The quantitative estimate of drug-likeness (QED) is 0.232. The summed E-state index contributed by atoms with van der Waals surface area (Å²) in [7, 11) is 0. The summed E-state index contributed by atoms with van der Waals surface area (Å²) in [5, 5.41) is 9.79. The molecule has 5 rings (SSSR count). The van der Waals surface area contributed by atoms with Gasteiger partial charge in [-0.1, -0.05) is 81.5 Å². The number of pyridine rings is 1. The average molecular weight is 577 g/mol. The zero-order valence-electron chi connectivity index (χ0n) is 24.4. The van der Waals surface area contributed by atoms with Crippen LogP contribution in [0.2, 0.25) is 0 Å². The first-order valence-electron chi connectivity index (χ1n) is 14.1.